The predicted octanol–water partition coefficient (Wildman–Crippen LogP) is 3.62. The molecule has 1 aliphatic rings. The van der Waals surface area contributed by atoms with E-state index < -0.39 is 5.82 Å². The average molecular weight is 321 g/mol. The molecular formula is C14H19Cl2FN2O. The smallest absolute Gasteiger partial charge is 0.224 e. The number of halogens is 3. The molecule has 20 heavy (non-hydrogen) atoms. The van der Waals surface area contributed by atoms with Crippen LogP contribution in [0.25, 0.3) is 0 Å². The van der Waals surface area contributed by atoms with Gasteiger partial charge in [0.05, 0.1) is 5.02 Å². The number of nitrogens with one attached hydrogen (secondary N) is 2. The van der Waals surface area contributed by atoms with Gasteiger partial charge in [0.1, 0.15) is 5.82 Å². The molecular weight excluding hydrogens is 302 g/mol. The lowest BCUT2D eigenvalue weighted by molar-refractivity contribution is -0.116. The molecule has 0 spiro atoms. The molecule has 112 valence electrons. The van der Waals surface area contributed by atoms with Crippen molar-refractivity contribution in [3.05, 3.63) is 29.0 Å². The van der Waals surface area contributed by atoms with Crippen LogP contribution >= 0.6 is 24.0 Å². The largest absolute Gasteiger partial charge is 0.326 e. The van der Waals surface area contributed by atoms with Gasteiger partial charge in [-0.3, -0.25) is 4.79 Å². The lowest BCUT2D eigenvalue weighted by atomic mass is 9.93. The summed E-state index contributed by atoms with van der Waals surface area (Å²) in [6.45, 7) is 2.07. The fraction of sp³-hybridized carbons (Fsp3) is 0.500. The first-order valence-electron chi connectivity index (χ1n) is 6.61. The lowest BCUT2D eigenvalue weighted by Gasteiger charge is -2.22. The minimum atomic E-state index is -0.516. The minimum absolute atomic E-state index is 0. The zero-order valence-corrected chi connectivity index (χ0v) is 12.7. The van der Waals surface area contributed by atoms with Crippen LogP contribution in [-0.4, -0.2) is 19.0 Å². The lowest BCUT2D eigenvalue weighted by Crippen LogP contribution is -2.28. The van der Waals surface area contributed by atoms with Crippen LogP contribution in [-0.2, 0) is 4.79 Å². The Morgan fingerprint density at radius 1 is 1.40 bits per heavy atom. The Kier molecular flexibility index (Phi) is 7.27. The maximum Gasteiger partial charge on any atom is 0.224 e. The second kappa shape index (κ2) is 8.45. The topological polar surface area (TPSA) is 41.1 Å². The van der Waals surface area contributed by atoms with Crippen LogP contribution < -0.4 is 10.6 Å². The molecule has 1 aromatic rings. The number of anilines is 1. The number of hydrogen-bond acceptors (Lipinski definition) is 2. The Morgan fingerprint density at radius 2 is 2.10 bits per heavy atom. The molecule has 0 unspecified atom stereocenters. The Labute approximate surface area is 129 Å². The van der Waals surface area contributed by atoms with Crippen molar-refractivity contribution in [3.8, 4) is 0 Å². The van der Waals surface area contributed by atoms with Crippen molar-refractivity contribution >= 4 is 35.6 Å². The highest BCUT2D eigenvalue weighted by atomic mass is 35.5. The van der Waals surface area contributed by atoms with Gasteiger partial charge in [-0.2, -0.15) is 0 Å². The van der Waals surface area contributed by atoms with Crippen molar-refractivity contribution in [2.75, 3.05) is 18.4 Å². The van der Waals surface area contributed by atoms with Gasteiger partial charge in [0.15, 0.2) is 0 Å². The first-order valence-corrected chi connectivity index (χ1v) is 6.98. The van der Waals surface area contributed by atoms with Gasteiger partial charge in [0.2, 0.25) is 5.91 Å². The molecule has 0 saturated carbocycles. The molecule has 1 fully saturated rings. The van der Waals surface area contributed by atoms with E-state index >= 15 is 0 Å². The van der Waals surface area contributed by atoms with E-state index in [0.29, 0.717) is 18.0 Å². The quantitative estimate of drug-likeness (QED) is 0.889. The highest BCUT2D eigenvalue weighted by molar-refractivity contribution is 6.30. The highest BCUT2D eigenvalue weighted by Crippen LogP contribution is 2.20. The van der Waals surface area contributed by atoms with E-state index in [4.69, 9.17) is 11.6 Å². The number of benzene rings is 1. The first kappa shape index (κ1) is 17.2. The van der Waals surface area contributed by atoms with Crippen molar-refractivity contribution in [1.29, 1.82) is 0 Å². The molecule has 1 saturated heterocycles. The number of carbonyl (C=O) groups is 1. The second-order valence-corrected chi connectivity index (χ2v) is 5.32. The van der Waals surface area contributed by atoms with Gasteiger partial charge in [-0.05, 0) is 56.5 Å². The SMILES string of the molecule is Cl.O=C(CCC1CCNCC1)Nc1ccc(Cl)c(F)c1. The summed E-state index contributed by atoms with van der Waals surface area (Å²) < 4.78 is 13.2. The van der Waals surface area contributed by atoms with Crippen LogP contribution in [0.15, 0.2) is 18.2 Å². The molecule has 1 heterocycles. The molecule has 0 aliphatic carbocycles. The van der Waals surface area contributed by atoms with Crippen LogP contribution in [0.4, 0.5) is 10.1 Å². The fourth-order valence-electron chi connectivity index (χ4n) is 2.30. The van der Waals surface area contributed by atoms with E-state index in [1.54, 1.807) is 6.07 Å². The fourth-order valence-corrected chi connectivity index (χ4v) is 2.42. The Hall–Kier alpha value is -0.840. The molecule has 0 radical (unpaired) electrons. The van der Waals surface area contributed by atoms with Crippen LogP contribution in [0.1, 0.15) is 25.7 Å². The monoisotopic (exact) mass is 320 g/mol. The number of hydrogen-bond donors (Lipinski definition) is 2. The van der Waals surface area contributed by atoms with Crippen LogP contribution in [0.3, 0.4) is 0 Å². The molecule has 3 nitrogen and oxygen atoms in total. The molecule has 2 N–H and O–H groups in total. The van der Waals surface area contributed by atoms with Crippen molar-refractivity contribution in [3.63, 3.8) is 0 Å². The number of piperidine rings is 1. The third-order valence-electron chi connectivity index (χ3n) is 3.44. The molecule has 0 aromatic heterocycles. The molecule has 2 rings (SSSR count). The van der Waals surface area contributed by atoms with Crippen molar-refractivity contribution in [2.24, 2.45) is 5.92 Å². The van der Waals surface area contributed by atoms with Crippen LogP contribution in [0.2, 0.25) is 5.02 Å². The van der Waals surface area contributed by atoms with Crippen LogP contribution in [0, 0.1) is 11.7 Å². The van der Waals surface area contributed by atoms with Gasteiger partial charge < -0.3 is 10.6 Å². The maximum atomic E-state index is 13.2. The first-order chi connectivity index (χ1) is 9.15. The molecule has 1 amide bonds. The van der Waals surface area contributed by atoms with Crippen molar-refractivity contribution in [1.82, 2.24) is 5.32 Å². The van der Waals surface area contributed by atoms with Gasteiger partial charge in [-0.1, -0.05) is 11.6 Å². The Bertz CT molecular complexity index is 451. The zero-order chi connectivity index (χ0) is 13.7. The molecule has 6 heteroatoms. The van der Waals surface area contributed by atoms with Crippen molar-refractivity contribution < 1.29 is 9.18 Å². The molecule has 0 bridgehead atoms. The van der Waals surface area contributed by atoms with E-state index in [1.807, 2.05) is 0 Å². The summed E-state index contributed by atoms with van der Waals surface area (Å²) in [6, 6.07) is 4.29. The zero-order valence-electron chi connectivity index (χ0n) is 11.1. The Balaban J connectivity index is 0.00000200. The highest BCUT2D eigenvalue weighted by Gasteiger charge is 2.14. The number of amides is 1. The van der Waals surface area contributed by atoms with E-state index in [2.05, 4.69) is 10.6 Å². The van der Waals surface area contributed by atoms with Gasteiger partial charge in [-0.15, -0.1) is 12.4 Å². The maximum absolute atomic E-state index is 13.2. The molecule has 1 aromatic carbocycles. The third kappa shape index (κ3) is 5.27. The van der Waals surface area contributed by atoms with E-state index in [0.717, 1.165) is 32.4 Å². The summed E-state index contributed by atoms with van der Waals surface area (Å²) in [5.41, 5.74) is 0.456. The number of carbonyl (C=O) groups excluding carboxylic acids is 1. The summed E-state index contributed by atoms with van der Waals surface area (Å²) >= 11 is 5.59. The van der Waals surface area contributed by atoms with Crippen LogP contribution in [0.5, 0.6) is 0 Å². The van der Waals surface area contributed by atoms with Gasteiger partial charge in [0.25, 0.3) is 0 Å². The standard InChI is InChI=1S/C14H18ClFN2O.ClH/c15-12-3-2-11(9-13(12)16)18-14(19)4-1-10-5-7-17-8-6-10;/h2-3,9-10,17H,1,4-8H2,(H,18,19);1H. The predicted molar refractivity (Wildman–Crippen MR) is 82.1 cm³/mol. The van der Waals surface area contributed by atoms with Gasteiger partial charge in [-0.25, -0.2) is 4.39 Å². The summed E-state index contributed by atoms with van der Waals surface area (Å²) in [7, 11) is 0. The number of rotatable bonds is 4. The Morgan fingerprint density at radius 3 is 2.75 bits per heavy atom. The van der Waals surface area contributed by atoms with E-state index in [1.165, 1.54) is 12.1 Å². The summed E-state index contributed by atoms with van der Waals surface area (Å²) in [6.07, 6.45) is 3.63. The minimum Gasteiger partial charge on any atom is -0.326 e. The second-order valence-electron chi connectivity index (χ2n) is 4.91. The van der Waals surface area contributed by atoms with E-state index in [-0.39, 0.29) is 23.3 Å². The third-order valence-corrected chi connectivity index (χ3v) is 3.75. The normalized spacial score (nSPS) is 15.5. The van der Waals surface area contributed by atoms with Gasteiger partial charge >= 0.3 is 0 Å². The van der Waals surface area contributed by atoms with Gasteiger partial charge in [0, 0.05) is 12.1 Å². The summed E-state index contributed by atoms with van der Waals surface area (Å²) in [4.78, 5) is 11.8. The molecule has 0 atom stereocenters. The summed E-state index contributed by atoms with van der Waals surface area (Å²) in [5.74, 6) is 0.0343. The molecule has 1 aliphatic heterocycles. The average Bonchev–Trinajstić information content (AvgIpc) is 2.42. The van der Waals surface area contributed by atoms with E-state index in [9.17, 15) is 9.18 Å². The van der Waals surface area contributed by atoms with Crippen molar-refractivity contribution in [2.45, 2.75) is 25.7 Å². The summed E-state index contributed by atoms with van der Waals surface area (Å²) in [5, 5.41) is 6.06.